The van der Waals surface area contributed by atoms with Crippen molar-refractivity contribution in [3.05, 3.63) is 54.1 Å². The van der Waals surface area contributed by atoms with Gasteiger partial charge >= 0.3 is 5.97 Å². The van der Waals surface area contributed by atoms with E-state index in [1.54, 1.807) is 36.4 Å². The van der Waals surface area contributed by atoms with Gasteiger partial charge in [0, 0.05) is 12.2 Å². The lowest BCUT2D eigenvalue weighted by Gasteiger charge is -2.14. The highest BCUT2D eigenvalue weighted by Crippen LogP contribution is 2.15. The van der Waals surface area contributed by atoms with E-state index < -0.39 is 28.0 Å². The van der Waals surface area contributed by atoms with Gasteiger partial charge < -0.3 is 14.8 Å². The van der Waals surface area contributed by atoms with Crippen LogP contribution in [0.5, 0.6) is 5.75 Å². The lowest BCUT2D eigenvalue weighted by atomic mass is 10.2. The number of benzene rings is 2. The Labute approximate surface area is 170 Å². The second kappa shape index (κ2) is 10.0. The van der Waals surface area contributed by atoms with E-state index in [-0.39, 0.29) is 17.9 Å². The third-order valence-electron chi connectivity index (χ3n) is 3.99. The first-order valence-electron chi connectivity index (χ1n) is 8.92. The molecule has 0 bridgehead atoms. The summed E-state index contributed by atoms with van der Waals surface area (Å²) in [6.07, 6.45) is -1.23. The molecular weight excluding hydrogens is 396 g/mol. The number of hydrogen-bond donors (Lipinski definition) is 2. The van der Waals surface area contributed by atoms with Crippen molar-refractivity contribution in [3.8, 4) is 5.75 Å². The molecule has 0 aromatic heterocycles. The van der Waals surface area contributed by atoms with Crippen LogP contribution < -0.4 is 14.8 Å². The fraction of sp³-hybridized carbons (Fsp3) is 0.300. The smallest absolute Gasteiger partial charge is 0.307 e. The number of hydrogen-bond acceptors (Lipinski definition) is 6. The summed E-state index contributed by atoms with van der Waals surface area (Å²) in [6, 6.07) is 13.0. The number of amides is 1. The third kappa shape index (κ3) is 6.88. The molecule has 1 amide bonds. The number of carbonyl (C=O) groups excluding carboxylic acids is 2. The van der Waals surface area contributed by atoms with Gasteiger partial charge in [0.2, 0.25) is 10.0 Å². The van der Waals surface area contributed by atoms with E-state index in [9.17, 15) is 18.0 Å². The lowest BCUT2D eigenvalue weighted by molar-refractivity contribution is -0.152. The van der Waals surface area contributed by atoms with Crippen molar-refractivity contribution in [1.82, 2.24) is 4.72 Å². The van der Waals surface area contributed by atoms with Gasteiger partial charge in [0.25, 0.3) is 5.91 Å². The molecule has 156 valence electrons. The molecule has 0 unspecified atom stereocenters. The Balaban J connectivity index is 1.78. The zero-order chi connectivity index (χ0) is 21.4. The Morgan fingerprint density at radius 3 is 2.24 bits per heavy atom. The third-order valence-corrected chi connectivity index (χ3v) is 5.46. The van der Waals surface area contributed by atoms with Gasteiger partial charge in [-0.2, -0.15) is 0 Å². The van der Waals surface area contributed by atoms with Crippen LogP contribution >= 0.6 is 0 Å². The Bertz CT molecular complexity index is 940. The van der Waals surface area contributed by atoms with Gasteiger partial charge in [0.05, 0.1) is 18.4 Å². The molecular formula is C20H24N2O6S. The van der Waals surface area contributed by atoms with Gasteiger partial charge in [-0.25, -0.2) is 13.1 Å². The number of carbonyl (C=O) groups is 2. The minimum absolute atomic E-state index is 0.115. The number of ether oxygens (including phenoxy) is 2. The number of nitrogens with one attached hydrogen (secondary N) is 2. The molecule has 9 heteroatoms. The zero-order valence-electron chi connectivity index (χ0n) is 16.5. The second-order valence-electron chi connectivity index (χ2n) is 6.31. The zero-order valence-corrected chi connectivity index (χ0v) is 17.3. The van der Waals surface area contributed by atoms with Gasteiger partial charge in [-0.3, -0.25) is 9.59 Å². The van der Waals surface area contributed by atoms with Crippen molar-refractivity contribution in [2.75, 3.05) is 19.0 Å². The predicted octanol–water partition coefficient (Wildman–Crippen LogP) is 2.24. The SMILES string of the molecule is COc1ccc(NC(=O)[C@@H](C)OC(=O)CCNS(=O)(=O)c2ccc(C)cc2)cc1. The first kappa shape index (κ1) is 22.4. The standard InChI is InChI=1S/C20H24N2O6S/c1-14-4-10-18(11-5-14)29(25,26)21-13-12-19(23)28-15(2)20(24)22-16-6-8-17(27-3)9-7-16/h4-11,15,21H,12-13H2,1-3H3,(H,22,24)/t15-/m1/s1. The molecule has 2 aromatic carbocycles. The van der Waals surface area contributed by atoms with Gasteiger partial charge in [-0.1, -0.05) is 17.7 Å². The fourth-order valence-corrected chi connectivity index (χ4v) is 3.35. The molecule has 2 N–H and O–H groups in total. The molecule has 0 heterocycles. The highest BCUT2D eigenvalue weighted by molar-refractivity contribution is 7.89. The summed E-state index contributed by atoms with van der Waals surface area (Å²) in [5.41, 5.74) is 1.47. The summed E-state index contributed by atoms with van der Waals surface area (Å²) in [4.78, 5) is 24.1. The summed E-state index contributed by atoms with van der Waals surface area (Å²) < 4.78 is 36.8. The minimum Gasteiger partial charge on any atom is -0.497 e. The number of methoxy groups -OCH3 is 1. The van der Waals surface area contributed by atoms with Crippen LogP contribution in [0.15, 0.2) is 53.4 Å². The summed E-state index contributed by atoms with van der Waals surface area (Å²) >= 11 is 0. The first-order valence-corrected chi connectivity index (χ1v) is 10.4. The van der Waals surface area contributed by atoms with Crippen molar-refractivity contribution in [2.24, 2.45) is 0 Å². The molecule has 0 aliphatic rings. The molecule has 0 fully saturated rings. The Hall–Kier alpha value is -2.91. The first-order chi connectivity index (χ1) is 13.7. The average Bonchev–Trinajstić information content (AvgIpc) is 2.68. The molecule has 2 rings (SSSR count). The highest BCUT2D eigenvalue weighted by Gasteiger charge is 2.19. The Morgan fingerprint density at radius 1 is 1.03 bits per heavy atom. The summed E-state index contributed by atoms with van der Waals surface area (Å²) in [6.45, 7) is 3.15. The summed E-state index contributed by atoms with van der Waals surface area (Å²) in [5, 5.41) is 2.62. The van der Waals surface area contributed by atoms with E-state index >= 15 is 0 Å². The van der Waals surface area contributed by atoms with Crippen molar-refractivity contribution in [2.45, 2.75) is 31.3 Å². The normalized spacial score (nSPS) is 12.1. The van der Waals surface area contributed by atoms with Crippen molar-refractivity contribution < 1.29 is 27.5 Å². The number of aryl methyl sites for hydroxylation is 1. The molecule has 2 aromatic rings. The molecule has 1 atom stereocenters. The van der Waals surface area contributed by atoms with Gasteiger partial charge in [0.1, 0.15) is 5.75 Å². The van der Waals surface area contributed by atoms with Crippen LogP contribution in [0.2, 0.25) is 0 Å². The molecule has 0 aliphatic carbocycles. The van der Waals surface area contributed by atoms with E-state index in [1.807, 2.05) is 6.92 Å². The van der Waals surface area contributed by atoms with E-state index in [2.05, 4.69) is 10.0 Å². The van der Waals surface area contributed by atoms with Gasteiger partial charge in [0.15, 0.2) is 6.10 Å². The average molecular weight is 420 g/mol. The summed E-state index contributed by atoms with van der Waals surface area (Å²) in [5.74, 6) is -0.534. The van der Waals surface area contributed by atoms with Crippen LogP contribution in [0.25, 0.3) is 0 Å². The molecule has 0 aliphatic heterocycles. The highest BCUT2D eigenvalue weighted by atomic mass is 32.2. The quantitative estimate of drug-likeness (QED) is 0.602. The minimum atomic E-state index is -3.71. The van der Waals surface area contributed by atoms with Crippen LogP contribution in [-0.2, 0) is 24.3 Å². The molecule has 0 radical (unpaired) electrons. The van der Waals surface area contributed by atoms with Crippen LogP contribution in [-0.4, -0.2) is 40.1 Å². The van der Waals surface area contributed by atoms with E-state index in [0.717, 1.165) is 5.56 Å². The van der Waals surface area contributed by atoms with Crippen LogP contribution in [0.3, 0.4) is 0 Å². The van der Waals surface area contributed by atoms with Crippen LogP contribution in [0.1, 0.15) is 18.9 Å². The lowest BCUT2D eigenvalue weighted by Crippen LogP contribution is -2.32. The maximum atomic E-state index is 12.2. The second-order valence-corrected chi connectivity index (χ2v) is 8.08. The maximum Gasteiger partial charge on any atom is 0.307 e. The number of rotatable bonds is 9. The fourth-order valence-electron chi connectivity index (χ4n) is 2.32. The predicted molar refractivity (Wildman–Crippen MR) is 108 cm³/mol. The molecule has 0 spiro atoms. The van der Waals surface area contributed by atoms with Crippen molar-refractivity contribution in [3.63, 3.8) is 0 Å². The molecule has 0 saturated heterocycles. The largest absolute Gasteiger partial charge is 0.497 e. The topological polar surface area (TPSA) is 111 Å². The molecule has 8 nitrogen and oxygen atoms in total. The van der Waals surface area contributed by atoms with E-state index in [0.29, 0.717) is 11.4 Å². The molecule has 29 heavy (non-hydrogen) atoms. The van der Waals surface area contributed by atoms with E-state index in [1.165, 1.54) is 26.2 Å². The Kier molecular flexibility index (Phi) is 7.74. The van der Waals surface area contributed by atoms with Gasteiger partial charge in [-0.05, 0) is 50.2 Å². The van der Waals surface area contributed by atoms with Gasteiger partial charge in [-0.15, -0.1) is 0 Å². The van der Waals surface area contributed by atoms with Crippen LogP contribution in [0, 0.1) is 6.92 Å². The Morgan fingerprint density at radius 2 is 1.66 bits per heavy atom. The number of esters is 1. The number of sulfonamides is 1. The monoisotopic (exact) mass is 420 g/mol. The van der Waals surface area contributed by atoms with Crippen LogP contribution in [0.4, 0.5) is 5.69 Å². The molecule has 0 saturated carbocycles. The van der Waals surface area contributed by atoms with Crippen molar-refractivity contribution in [1.29, 1.82) is 0 Å². The maximum absolute atomic E-state index is 12.2. The van der Waals surface area contributed by atoms with E-state index in [4.69, 9.17) is 9.47 Å². The number of anilines is 1. The summed E-state index contributed by atoms with van der Waals surface area (Å²) in [7, 11) is -2.17. The van der Waals surface area contributed by atoms with Crippen molar-refractivity contribution >= 4 is 27.6 Å².